The molecule has 2 aliphatic rings. The summed E-state index contributed by atoms with van der Waals surface area (Å²) in [6.45, 7) is 2.25. The Bertz CT molecular complexity index is 217. The molecule has 0 bridgehead atoms. The minimum Gasteiger partial charge on any atom is -0.299 e. The van der Waals surface area contributed by atoms with E-state index < -0.39 is 0 Å². The molecule has 0 amide bonds. The van der Waals surface area contributed by atoms with Crippen molar-refractivity contribution in [3.05, 3.63) is 0 Å². The Balaban J connectivity index is 1.91. The van der Waals surface area contributed by atoms with Crippen molar-refractivity contribution < 1.29 is 0 Å². The van der Waals surface area contributed by atoms with Crippen LogP contribution in [0.2, 0.25) is 0 Å². The lowest BCUT2D eigenvalue weighted by Gasteiger charge is -2.44. The molecule has 0 aromatic carbocycles. The van der Waals surface area contributed by atoms with Crippen molar-refractivity contribution >= 4 is 0 Å². The minimum atomic E-state index is 0.712. The molecule has 2 fully saturated rings. The zero-order chi connectivity index (χ0) is 9.80. The standard InChI is InChI=1S/C12H20N2/c13-8-4-10-14-9-3-6-11-5-1-2-7-12(11)14/h11-12H,1-7,9-10H2/t11-,12-/m0/s1. The van der Waals surface area contributed by atoms with Gasteiger partial charge in [-0.2, -0.15) is 5.26 Å². The molecular formula is C12H20N2. The van der Waals surface area contributed by atoms with Gasteiger partial charge in [-0.3, -0.25) is 4.90 Å². The minimum absolute atomic E-state index is 0.712. The Kier molecular flexibility index (Phi) is 3.42. The van der Waals surface area contributed by atoms with Crippen LogP contribution in [-0.2, 0) is 0 Å². The SMILES string of the molecule is N#CCCN1CCC[C@@H]2CCCC[C@@H]21. The first kappa shape index (κ1) is 9.98. The summed E-state index contributed by atoms with van der Waals surface area (Å²) >= 11 is 0. The average molecular weight is 192 g/mol. The van der Waals surface area contributed by atoms with E-state index in [-0.39, 0.29) is 0 Å². The van der Waals surface area contributed by atoms with Crippen LogP contribution in [0, 0.1) is 17.2 Å². The maximum Gasteiger partial charge on any atom is 0.0635 e. The van der Waals surface area contributed by atoms with Gasteiger partial charge in [0.15, 0.2) is 0 Å². The van der Waals surface area contributed by atoms with E-state index in [0.717, 1.165) is 18.5 Å². The quantitative estimate of drug-likeness (QED) is 0.672. The molecule has 1 saturated heterocycles. The van der Waals surface area contributed by atoms with Gasteiger partial charge in [0.1, 0.15) is 0 Å². The Morgan fingerprint density at radius 2 is 1.93 bits per heavy atom. The molecular weight excluding hydrogens is 172 g/mol. The van der Waals surface area contributed by atoms with Crippen molar-refractivity contribution in [2.24, 2.45) is 5.92 Å². The van der Waals surface area contributed by atoms with Gasteiger partial charge < -0.3 is 0 Å². The van der Waals surface area contributed by atoms with E-state index >= 15 is 0 Å². The van der Waals surface area contributed by atoms with Crippen LogP contribution in [0.5, 0.6) is 0 Å². The fourth-order valence-corrected chi connectivity index (χ4v) is 3.20. The van der Waals surface area contributed by atoms with Crippen molar-refractivity contribution in [2.45, 2.75) is 51.0 Å². The fraction of sp³-hybridized carbons (Fsp3) is 0.917. The molecule has 0 aromatic rings. The first-order valence-electron chi connectivity index (χ1n) is 6.03. The molecule has 0 radical (unpaired) electrons. The zero-order valence-corrected chi connectivity index (χ0v) is 8.91. The molecule has 1 aliphatic heterocycles. The Morgan fingerprint density at radius 3 is 2.79 bits per heavy atom. The van der Waals surface area contributed by atoms with Crippen molar-refractivity contribution in [3.8, 4) is 6.07 Å². The second-order valence-electron chi connectivity index (χ2n) is 4.70. The summed E-state index contributed by atoms with van der Waals surface area (Å²) in [7, 11) is 0. The van der Waals surface area contributed by atoms with Crippen molar-refractivity contribution in [1.82, 2.24) is 4.90 Å². The predicted molar refractivity (Wildman–Crippen MR) is 56.8 cm³/mol. The fourth-order valence-electron chi connectivity index (χ4n) is 3.20. The van der Waals surface area contributed by atoms with Crippen molar-refractivity contribution in [3.63, 3.8) is 0 Å². The predicted octanol–water partition coefficient (Wildman–Crippen LogP) is 2.55. The third kappa shape index (κ3) is 2.09. The van der Waals surface area contributed by atoms with Crippen LogP contribution in [0.3, 0.4) is 0 Å². The zero-order valence-electron chi connectivity index (χ0n) is 8.91. The van der Waals surface area contributed by atoms with Gasteiger partial charge in [0.05, 0.1) is 6.07 Å². The Labute approximate surface area is 86.9 Å². The summed E-state index contributed by atoms with van der Waals surface area (Å²) in [4.78, 5) is 2.58. The van der Waals surface area contributed by atoms with E-state index in [9.17, 15) is 0 Å². The Hall–Kier alpha value is -0.550. The Morgan fingerprint density at radius 1 is 1.14 bits per heavy atom. The molecule has 1 heterocycles. The van der Waals surface area contributed by atoms with Crippen molar-refractivity contribution in [2.75, 3.05) is 13.1 Å². The number of nitrogens with zero attached hydrogens (tertiary/aromatic N) is 2. The highest BCUT2D eigenvalue weighted by molar-refractivity contribution is 4.88. The first-order valence-corrected chi connectivity index (χ1v) is 6.03. The average Bonchev–Trinajstić information content (AvgIpc) is 2.26. The van der Waals surface area contributed by atoms with Crippen LogP contribution in [-0.4, -0.2) is 24.0 Å². The maximum absolute atomic E-state index is 8.62. The molecule has 2 heteroatoms. The largest absolute Gasteiger partial charge is 0.299 e. The molecule has 2 atom stereocenters. The molecule has 0 N–H and O–H groups in total. The number of hydrogen-bond donors (Lipinski definition) is 0. The third-order valence-corrected chi connectivity index (χ3v) is 3.87. The number of rotatable bonds is 2. The van der Waals surface area contributed by atoms with Gasteiger partial charge in [-0.15, -0.1) is 0 Å². The number of fused-ring (bicyclic) bond motifs is 1. The lowest BCUT2D eigenvalue weighted by Crippen LogP contribution is -2.46. The highest BCUT2D eigenvalue weighted by Crippen LogP contribution is 2.35. The maximum atomic E-state index is 8.62. The second kappa shape index (κ2) is 4.79. The summed E-state index contributed by atoms with van der Waals surface area (Å²) in [6.07, 6.45) is 9.17. The normalized spacial score (nSPS) is 33.4. The first-order chi connectivity index (χ1) is 6.92. The number of hydrogen-bond acceptors (Lipinski definition) is 2. The van der Waals surface area contributed by atoms with E-state index in [1.807, 2.05) is 0 Å². The highest BCUT2D eigenvalue weighted by atomic mass is 15.2. The highest BCUT2D eigenvalue weighted by Gasteiger charge is 2.32. The summed E-state index contributed by atoms with van der Waals surface area (Å²) in [6, 6.07) is 3.09. The lowest BCUT2D eigenvalue weighted by molar-refractivity contribution is 0.0629. The number of nitriles is 1. The number of piperidine rings is 1. The third-order valence-electron chi connectivity index (χ3n) is 3.87. The van der Waals surface area contributed by atoms with Gasteiger partial charge in [-0.05, 0) is 38.1 Å². The van der Waals surface area contributed by atoms with E-state index in [1.54, 1.807) is 0 Å². The van der Waals surface area contributed by atoms with E-state index in [2.05, 4.69) is 11.0 Å². The van der Waals surface area contributed by atoms with Crippen LogP contribution in [0.4, 0.5) is 0 Å². The molecule has 14 heavy (non-hydrogen) atoms. The number of likely N-dealkylation sites (tertiary alicyclic amines) is 1. The summed E-state index contributed by atoms with van der Waals surface area (Å²) in [5.74, 6) is 0.955. The van der Waals surface area contributed by atoms with Crippen LogP contribution in [0.25, 0.3) is 0 Å². The van der Waals surface area contributed by atoms with E-state index in [1.165, 1.54) is 45.1 Å². The molecule has 2 rings (SSSR count). The molecule has 0 unspecified atom stereocenters. The topological polar surface area (TPSA) is 27.0 Å². The smallest absolute Gasteiger partial charge is 0.0635 e. The van der Waals surface area contributed by atoms with Crippen LogP contribution in [0.1, 0.15) is 44.9 Å². The van der Waals surface area contributed by atoms with Crippen molar-refractivity contribution in [1.29, 1.82) is 5.26 Å². The van der Waals surface area contributed by atoms with E-state index in [4.69, 9.17) is 5.26 Å². The van der Waals surface area contributed by atoms with Gasteiger partial charge in [-0.25, -0.2) is 0 Å². The van der Waals surface area contributed by atoms with Crippen LogP contribution in [0.15, 0.2) is 0 Å². The summed E-state index contributed by atoms with van der Waals surface area (Å²) < 4.78 is 0. The van der Waals surface area contributed by atoms with Gasteiger partial charge in [-0.1, -0.05) is 12.8 Å². The molecule has 0 spiro atoms. The van der Waals surface area contributed by atoms with Gasteiger partial charge >= 0.3 is 0 Å². The van der Waals surface area contributed by atoms with Gasteiger partial charge in [0.2, 0.25) is 0 Å². The molecule has 78 valence electrons. The molecule has 2 nitrogen and oxygen atoms in total. The second-order valence-corrected chi connectivity index (χ2v) is 4.70. The van der Waals surface area contributed by atoms with Crippen LogP contribution < -0.4 is 0 Å². The van der Waals surface area contributed by atoms with Gasteiger partial charge in [0.25, 0.3) is 0 Å². The van der Waals surface area contributed by atoms with E-state index in [0.29, 0.717) is 6.42 Å². The molecule has 1 aliphatic carbocycles. The van der Waals surface area contributed by atoms with Gasteiger partial charge in [0, 0.05) is 19.0 Å². The monoisotopic (exact) mass is 192 g/mol. The molecule has 1 saturated carbocycles. The molecule has 0 aromatic heterocycles. The lowest BCUT2D eigenvalue weighted by atomic mass is 9.78. The van der Waals surface area contributed by atoms with Crippen LogP contribution >= 0.6 is 0 Å². The summed E-state index contributed by atoms with van der Waals surface area (Å²) in [5, 5.41) is 8.62. The summed E-state index contributed by atoms with van der Waals surface area (Å²) in [5.41, 5.74) is 0.